The normalized spacial score (nSPS) is 13.4. The predicted molar refractivity (Wildman–Crippen MR) is 65.0 cm³/mol. The first-order chi connectivity index (χ1) is 7.70. The molecule has 0 saturated carbocycles. The summed E-state index contributed by atoms with van der Waals surface area (Å²) in [5.74, 6) is 0.240. The Balaban J connectivity index is 3.57. The highest BCUT2D eigenvalue weighted by atomic mass is 16.5. The average molecular weight is 226 g/mol. The van der Waals surface area contributed by atoms with E-state index in [2.05, 4.69) is 6.92 Å². The average Bonchev–Trinajstić information content (AvgIpc) is 2.24. The second kappa shape index (κ2) is 10.4. The van der Waals surface area contributed by atoms with E-state index in [4.69, 9.17) is 9.84 Å². The van der Waals surface area contributed by atoms with E-state index in [1.807, 2.05) is 12.2 Å². The van der Waals surface area contributed by atoms with Gasteiger partial charge in [0.2, 0.25) is 0 Å². The van der Waals surface area contributed by atoms with Gasteiger partial charge in [-0.3, -0.25) is 0 Å². The first-order valence-corrected chi connectivity index (χ1v) is 5.81. The molecule has 1 N–H and O–H groups in total. The molecule has 0 aromatic heterocycles. The molecule has 0 rings (SSSR count). The van der Waals surface area contributed by atoms with Crippen molar-refractivity contribution in [2.75, 3.05) is 13.2 Å². The molecule has 0 aliphatic rings. The van der Waals surface area contributed by atoms with Crippen LogP contribution in [0.2, 0.25) is 0 Å². The number of hydrogen-bond donors (Lipinski definition) is 1. The minimum absolute atomic E-state index is 0.258. The maximum atomic E-state index is 10.9. The van der Waals surface area contributed by atoms with Crippen LogP contribution in [0.4, 0.5) is 0 Å². The van der Waals surface area contributed by atoms with Gasteiger partial charge in [-0.25, -0.2) is 4.79 Å². The lowest BCUT2D eigenvalue weighted by Gasteiger charge is -2.05. The molecule has 0 bridgehead atoms. The molecule has 0 unspecified atom stereocenters. The van der Waals surface area contributed by atoms with Crippen molar-refractivity contribution in [3.63, 3.8) is 0 Å². The SMILES string of the molecule is CCOC(=O)/C=C/C=C/CC[C@@H](C)CCO. The highest BCUT2D eigenvalue weighted by molar-refractivity contribution is 5.82. The minimum atomic E-state index is -0.305. The Morgan fingerprint density at radius 2 is 2.12 bits per heavy atom. The van der Waals surface area contributed by atoms with Crippen LogP contribution in [0.15, 0.2) is 24.3 Å². The smallest absolute Gasteiger partial charge is 0.330 e. The lowest BCUT2D eigenvalue weighted by molar-refractivity contribution is -0.137. The lowest BCUT2D eigenvalue weighted by Crippen LogP contribution is -1.98. The Bertz CT molecular complexity index is 231. The molecule has 3 heteroatoms. The summed E-state index contributed by atoms with van der Waals surface area (Å²) in [6.07, 6.45) is 9.85. The predicted octanol–water partition coefficient (Wildman–Crippen LogP) is 2.46. The summed E-state index contributed by atoms with van der Waals surface area (Å²) in [5.41, 5.74) is 0. The molecule has 0 heterocycles. The Morgan fingerprint density at radius 1 is 1.38 bits per heavy atom. The van der Waals surface area contributed by atoms with Gasteiger partial charge in [-0.15, -0.1) is 0 Å². The third-order valence-corrected chi connectivity index (χ3v) is 2.21. The van der Waals surface area contributed by atoms with Crippen LogP contribution in [-0.2, 0) is 9.53 Å². The molecule has 3 nitrogen and oxygen atoms in total. The third kappa shape index (κ3) is 9.46. The van der Waals surface area contributed by atoms with Crippen molar-refractivity contribution < 1.29 is 14.6 Å². The van der Waals surface area contributed by atoms with Crippen molar-refractivity contribution in [1.82, 2.24) is 0 Å². The summed E-state index contributed by atoms with van der Waals surface area (Å²) in [4.78, 5) is 10.9. The molecule has 0 radical (unpaired) electrons. The van der Waals surface area contributed by atoms with E-state index in [-0.39, 0.29) is 12.6 Å². The fourth-order valence-electron chi connectivity index (χ4n) is 1.24. The number of carbonyl (C=O) groups excluding carboxylic acids is 1. The summed E-state index contributed by atoms with van der Waals surface area (Å²) in [5, 5.41) is 8.71. The van der Waals surface area contributed by atoms with Crippen LogP contribution >= 0.6 is 0 Å². The van der Waals surface area contributed by atoms with Crippen molar-refractivity contribution in [2.45, 2.75) is 33.1 Å². The van der Waals surface area contributed by atoms with Crippen molar-refractivity contribution in [2.24, 2.45) is 5.92 Å². The Labute approximate surface area is 97.8 Å². The van der Waals surface area contributed by atoms with E-state index in [0.29, 0.717) is 12.5 Å². The van der Waals surface area contributed by atoms with E-state index in [9.17, 15) is 4.79 Å². The van der Waals surface area contributed by atoms with E-state index < -0.39 is 0 Å². The number of ether oxygens (including phenoxy) is 1. The second-order valence-corrected chi connectivity index (χ2v) is 3.73. The molecule has 0 aliphatic heterocycles. The molecular formula is C13H22O3. The van der Waals surface area contributed by atoms with E-state index in [1.54, 1.807) is 13.0 Å². The first kappa shape index (κ1) is 14.9. The van der Waals surface area contributed by atoms with Gasteiger partial charge in [0.1, 0.15) is 0 Å². The number of carbonyl (C=O) groups is 1. The van der Waals surface area contributed by atoms with Crippen LogP contribution < -0.4 is 0 Å². The van der Waals surface area contributed by atoms with Gasteiger partial charge in [0.15, 0.2) is 0 Å². The molecule has 92 valence electrons. The quantitative estimate of drug-likeness (QED) is 0.393. The van der Waals surface area contributed by atoms with Gasteiger partial charge >= 0.3 is 5.97 Å². The summed E-state index contributed by atoms with van der Waals surface area (Å²) in [7, 11) is 0. The van der Waals surface area contributed by atoms with Gasteiger partial charge in [-0.1, -0.05) is 25.2 Å². The Kier molecular flexibility index (Phi) is 9.72. The molecule has 0 aromatic rings. The molecule has 0 fully saturated rings. The standard InChI is InChI=1S/C13H22O3/c1-3-16-13(15)9-7-5-4-6-8-12(2)10-11-14/h4-5,7,9,12,14H,3,6,8,10-11H2,1-2H3/b5-4+,9-7+/t12-/m1/s1. The van der Waals surface area contributed by atoms with Crippen molar-refractivity contribution in [1.29, 1.82) is 0 Å². The molecule has 16 heavy (non-hydrogen) atoms. The summed E-state index contributed by atoms with van der Waals surface area (Å²) < 4.78 is 4.73. The Morgan fingerprint density at radius 3 is 2.75 bits per heavy atom. The highest BCUT2D eigenvalue weighted by Crippen LogP contribution is 2.09. The maximum Gasteiger partial charge on any atom is 0.330 e. The number of esters is 1. The van der Waals surface area contributed by atoms with Gasteiger partial charge in [0.05, 0.1) is 6.61 Å². The number of rotatable bonds is 8. The highest BCUT2D eigenvalue weighted by Gasteiger charge is 1.98. The monoisotopic (exact) mass is 226 g/mol. The third-order valence-electron chi connectivity index (χ3n) is 2.21. The molecule has 0 saturated heterocycles. The number of hydrogen-bond acceptors (Lipinski definition) is 3. The van der Waals surface area contributed by atoms with Crippen LogP contribution in [0.1, 0.15) is 33.1 Å². The van der Waals surface area contributed by atoms with Crippen LogP contribution in [0, 0.1) is 5.92 Å². The minimum Gasteiger partial charge on any atom is -0.463 e. The molecule has 0 amide bonds. The van der Waals surface area contributed by atoms with Crippen LogP contribution in [-0.4, -0.2) is 24.3 Å². The number of allylic oxidation sites excluding steroid dienone is 3. The molecular weight excluding hydrogens is 204 g/mol. The van der Waals surface area contributed by atoms with E-state index in [1.165, 1.54) is 6.08 Å². The van der Waals surface area contributed by atoms with Crippen molar-refractivity contribution in [3.8, 4) is 0 Å². The largest absolute Gasteiger partial charge is 0.463 e. The molecule has 1 atom stereocenters. The van der Waals surface area contributed by atoms with Crippen molar-refractivity contribution >= 4 is 5.97 Å². The summed E-state index contributed by atoms with van der Waals surface area (Å²) in [6.45, 7) is 4.57. The molecule has 0 aliphatic carbocycles. The van der Waals surface area contributed by atoms with E-state index >= 15 is 0 Å². The zero-order valence-electron chi connectivity index (χ0n) is 10.2. The molecule has 0 spiro atoms. The van der Waals surface area contributed by atoms with Crippen LogP contribution in [0.25, 0.3) is 0 Å². The number of aliphatic hydroxyl groups excluding tert-OH is 1. The maximum absolute atomic E-state index is 10.9. The van der Waals surface area contributed by atoms with Gasteiger partial charge in [-0.2, -0.15) is 0 Å². The topological polar surface area (TPSA) is 46.5 Å². The van der Waals surface area contributed by atoms with Crippen molar-refractivity contribution in [3.05, 3.63) is 24.3 Å². The second-order valence-electron chi connectivity index (χ2n) is 3.73. The zero-order valence-corrected chi connectivity index (χ0v) is 10.2. The lowest BCUT2D eigenvalue weighted by atomic mass is 10.0. The molecule has 0 aromatic carbocycles. The van der Waals surface area contributed by atoms with Crippen LogP contribution in [0.3, 0.4) is 0 Å². The van der Waals surface area contributed by atoms with Gasteiger partial charge in [0, 0.05) is 12.7 Å². The van der Waals surface area contributed by atoms with Gasteiger partial charge in [-0.05, 0) is 32.1 Å². The van der Waals surface area contributed by atoms with Gasteiger partial charge in [0.25, 0.3) is 0 Å². The Hall–Kier alpha value is -1.09. The first-order valence-electron chi connectivity index (χ1n) is 5.81. The fraction of sp³-hybridized carbons (Fsp3) is 0.615. The van der Waals surface area contributed by atoms with E-state index in [0.717, 1.165) is 19.3 Å². The van der Waals surface area contributed by atoms with Gasteiger partial charge < -0.3 is 9.84 Å². The fourth-order valence-corrected chi connectivity index (χ4v) is 1.24. The zero-order chi connectivity index (χ0) is 12.2. The van der Waals surface area contributed by atoms with Crippen LogP contribution in [0.5, 0.6) is 0 Å². The summed E-state index contributed by atoms with van der Waals surface area (Å²) >= 11 is 0. The summed E-state index contributed by atoms with van der Waals surface area (Å²) in [6, 6.07) is 0. The number of aliphatic hydroxyl groups is 1.